The predicted octanol–water partition coefficient (Wildman–Crippen LogP) is 4.07. The summed E-state index contributed by atoms with van der Waals surface area (Å²) < 4.78 is 3.20. The normalized spacial score (nSPS) is 11.5. The summed E-state index contributed by atoms with van der Waals surface area (Å²) in [7, 11) is 0. The quantitative estimate of drug-likeness (QED) is 0.557. The van der Waals surface area contributed by atoms with Crippen LogP contribution in [0.15, 0.2) is 60.7 Å². The molecule has 0 fully saturated rings. The fourth-order valence-electron chi connectivity index (χ4n) is 2.60. The molecule has 19 heavy (non-hydrogen) atoms. The Hall–Kier alpha value is -1.00. The minimum absolute atomic E-state index is 1.30. The number of unbranched alkanes of at least 4 members (excludes halogenated alkanes) is 2. The molecule has 0 spiro atoms. The minimum atomic E-state index is -1.94. The monoisotopic (exact) mass is 315 g/mol. The second-order valence-corrected chi connectivity index (χ2v) is 13.4. The third-order valence-electron chi connectivity index (χ3n) is 3.86. The fraction of sp³-hybridized carbons (Fsp3) is 0.333. The van der Waals surface area contributed by atoms with Gasteiger partial charge < -0.3 is 0 Å². The number of rotatable bonds is 6. The Morgan fingerprint density at radius 1 is 0.737 bits per heavy atom. The van der Waals surface area contributed by atoms with Crippen molar-refractivity contribution in [3.05, 3.63) is 60.7 Å². The zero-order valence-electron chi connectivity index (χ0n) is 12.0. The summed E-state index contributed by atoms with van der Waals surface area (Å²) in [6.07, 6.45) is 4.03. The predicted molar refractivity (Wildman–Crippen MR) is 88.1 cm³/mol. The molecule has 2 aromatic carbocycles. The van der Waals surface area contributed by atoms with Gasteiger partial charge in [-0.2, -0.15) is 0 Å². The first-order chi connectivity index (χ1) is 9.27. The Kier molecular flexibility index (Phi) is 5.28. The Balaban J connectivity index is 2.33. The second-order valence-electron chi connectivity index (χ2n) is 5.29. The summed E-state index contributed by atoms with van der Waals surface area (Å²) in [5.41, 5.74) is 2.55. The molecule has 0 aliphatic rings. The van der Waals surface area contributed by atoms with Gasteiger partial charge in [0, 0.05) is 0 Å². The van der Waals surface area contributed by atoms with Gasteiger partial charge in [0.05, 0.1) is 0 Å². The van der Waals surface area contributed by atoms with E-state index in [1.807, 2.05) is 0 Å². The van der Waals surface area contributed by atoms with Gasteiger partial charge in [0.15, 0.2) is 0 Å². The standard InChI is InChI=1S/C18H24As/c1-3-4-11-16-19(2,17-12-7-5-8-13-17)18-14-9-6-10-15-18/h5-10,12-15H,3-4,11,16H2,1-2H3/q+1. The molecule has 0 radical (unpaired) electrons. The summed E-state index contributed by atoms with van der Waals surface area (Å²) >= 11 is -1.94. The molecule has 100 valence electrons. The van der Waals surface area contributed by atoms with E-state index in [1.54, 1.807) is 8.70 Å². The van der Waals surface area contributed by atoms with E-state index in [9.17, 15) is 0 Å². The van der Waals surface area contributed by atoms with Gasteiger partial charge in [-0.3, -0.25) is 0 Å². The van der Waals surface area contributed by atoms with Gasteiger partial charge in [0.1, 0.15) is 0 Å². The van der Waals surface area contributed by atoms with Gasteiger partial charge in [-0.15, -0.1) is 0 Å². The summed E-state index contributed by atoms with van der Waals surface area (Å²) in [5, 5.41) is 1.39. The van der Waals surface area contributed by atoms with Gasteiger partial charge in [-0.1, -0.05) is 0 Å². The second kappa shape index (κ2) is 6.96. The molecular formula is C18H24As+. The van der Waals surface area contributed by atoms with Crippen LogP contribution in [0.25, 0.3) is 0 Å². The van der Waals surface area contributed by atoms with Crippen molar-refractivity contribution in [2.45, 2.75) is 37.1 Å². The maximum atomic E-state index is 2.55. The summed E-state index contributed by atoms with van der Waals surface area (Å²) in [4.78, 5) is 0. The molecule has 0 amide bonds. The van der Waals surface area contributed by atoms with E-state index in [0.29, 0.717) is 0 Å². The zero-order chi connectivity index (χ0) is 13.6. The van der Waals surface area contributed by atoms with E-state index in [0.717, 1.165) is 0 Å². The Bertz CT molecular complexity index is 436. The van der Waals surface area contributed by atoms with Gasteiger partial charge in [0.25, 0.3) is 0 Å². The van der Waals surface area contributed by atoms with Crippen LogP contribution in [0.3, 0.4) is 0 Å². The summed E-state index contributed by atoms with van der Waals surface area (Å²) in [5.74, 6) is 0. The van der Waals surface area contributed by atoms with E-state index < -0.39 is 13.6 Å². The number of benzene rings is 2. The molecule has 1 heteroatoms. The van der Waals surface area contributed by atoms with Gasteiger partial charge in [-0.05, 0) is 0 Å². The van der Waals surface area contributed by atoms with Crippen LogP contribution >= 0.6 is 0 Å². The van der Waals surface area contributed by atoms with Gasteiger partial charge in [-0.25, -0.2) is 0 Å². The van der Waals surface area contributed by atoms with Crippen LogP contribution in [0, 0.1) is 0 Å². The molecule has 2 rings (SSSR count). The maximum absolute atomic E-state index is 2.55. The van der Waals surface area contributed by atoms with Crippen molar-refractivity contribution in [1.82, 2.24) is 0 Å². The van der Waals surface area contributed by atoms with E-state index in [-0.39, 0.29) is 0 Å². The number of hydrogen-bond acceptors (Lipinski definition) is 0. The van der Waals surface area contributed by atoms with Crippen molar-refractivity contribution in [2.75, 3.05) is 0 Å². The van der Waals surface area contributed by atoms with E-state index in [1.165, 1.54) is 24.5 Å². The van der Waals surface area contributed by atoms with Crippen LogP contribution in [0.4, 0.5) is 0 Å². The Labute approximate surface area is 120 Å². The van der Waals surface area contributed by atoms with E-state index >= 15 is 0 Å². The Morgan fingerprint density at radius 3 is 1.63 bits per heavy atom. The van der Waals surface area contributed by atoms with Crippen LogP contribution < -0.4 is 8.70 Å². The topological polar surface area (TPSA) is 0 Å². The van der Waals surface area contributed by atoms with E-state index in [2.05, 4.69) is 73.3 Å². The van der Waals surface area contributed by atoms with E-state index in [4.69, 9.17) is 0 Å². The first kappa shape index (κ1) is 14.4. The van der Waals surface area contributed by atoms with Crippen molar-refractivity contribution >= 4 is 22.3 Å². The van der Waals surface area contributed by atoms with Crippen molar-refractivity contribution < 1.29 is 0 Å². The van der Waals surface area contributed by atoms with Crippen LogP contribution in [0.5, 0.6) is 0 Å². The van der Waals surface area contributed by atoms with Crippen LogP contribution in [0.2, 0.25) is 10.9 Å². The summed E-state index contributed by atoms with van der Waals surface area (Å²) in [6.45, 7) is 2.29. The molecule has 0 bridgehead atoms. The van der Waals surface area contributed by atoms with Crippen LogP contribution in [0.1, 0.15) is 26.2 Å². The molecule has 0 saturated heterocycles. The van der Waals surface area contributed by atoms with Crippen LogP contribution in [-0.4, -0.2) is 13.6 Å². The third kappa shape index (κ3) is 3.51. The first-order valence-corrected chi connectivity index (χ1v) is 12.3. The van der Waals surface area contributed by atoms with Crippen molar-refractivity contribution in [3.8, 4) is 0 Å². The average molecular weight is 315 g/mol. The summed E-state index contributed by atoms with van der Waals surface area (Å²) in [6, 6.07) is 22.4. The molecule has 0 aliphatic carbocycles. The molecule has 2 aromatic rings. The van der Waals surface area contributed by atoms with Crippen molar-refractivity contribution in [2.24, 2.45) is 0 Å². The molecule has 0 nitrogen and oxygen atoms in total. The molecule has 0 aromatic heterocycles. The van der Waals surface area contributed by atoms with Gasteiger partial charge >= 0.3 is 120 Å². The zero-order valence-corrected chi connectivity index (χ0v) is 13.9. The van der Waals surface area contributed by atoms with Crippen LogP contribution in [-0.2, 0) is 0 Å². The number of hydrogen-bond donors (Lipinski definition) is 0. The molecule has 0 N–H and O–H groups in total. The molecule has 0 aliphatic heterocycles. The fourth-order valence-corrected chi connectivity index (χ4v) is 9.59. The molecule has 0 unspecified atom stereocenters. The van der Waals surface area contributed by atoms with Crippen molar-refractivity contribution in [1.29, 1.82) is 0 Å². The first-order valence-electron chi connectivity index (χ1n) is 7.24. The Morgan fingerprint density at radius 2 is 1.21 bits per heavy atom. The van der Waals surface area contributed by atoms with Gasteiger partial charge in [0.2, 0.25) is 0 Å². The molecule has 0 saturated carbocycles. The molecule has 0 heterocycles. The van der Waals surface area contributed by atoms with Crippen molar-refractivity contribution in [3.63, 3.8) is 0 Å². The molecular weight excluding hydrogens is 291 g/mol. The third-order valence-corrected chi connectivity index (χ3v) is 12.4. The SMILES string of the molecule is CCCCC[As+](C)(c1ccccc1)c1ccccc1. The molecule has 0 atom stereocenters. The average Bonchev–Trinajstić information content (AvgIpc) is 2.49.